The number of amides is 1. The van der Waals surface area contributed by atoms with E-state index in [0.29, 0.717) is 30.7 Å². The number of carbonyl (C=O) groups is 2. The van der Waals surface area contributed by atoms with E-state index >= 15 is 0 Å². The van der Waals surface area contributed by atoms with Crippen molar-refractivity contribution in [3.8, 4) is 0 Å². The van der Waals surface area contributed by atoms with Gasteiger partial charge >= 0.3 is 12.4 Å². The van der Waals surface area contributed by atoms with Crippen LogP contribution in [0.1, 0.15) is 42.4 Å². The van der Waals surface area contributed by atoms with Gasteiger partial charge < -0.3 is 4.90 Å². The van der Waals surface area contributed by atoms with Crippen LogP contribution in [0.4, 0.5) is 32.0 Å². The van der Waals surface area contributed by atoms with Crippen LogP contribution >= 0.6 is 0 Å². The first-order chi connectivity index (χ1) is 14.9. The Hall–Kier alpha value is -2.84. The quantitative estimate of drug-likeness (QED) is 0.512. The van der Waals surface area contributed by atoms with Gasteiger partial charge in [-0.15, -0.1) is 0 Å². The highest BCUT2D eigenvalue weighted by atomic mass is 19.4. The monoisotopic (exact) mass is 457 g/mol. The van der Waals surface area contributed by atoms with Crippen molar-refractivity contribution in [2.75, 3.05) is 11.4 Å². The third-order valence-electron chi connectivity index (χ3n) is 5.50. The van der Waals surface area contributed by atoms with Gasteiger partial charge in [-0.25, -0.2) is 0 Å². The molecule has 9 heteroatoms. The van der Waals surface area contributed by atoms with Crippen molar-refractivity contribution in [3.05, 3.63) is 65.2 Å². The minimum atomic E-state index is -4.93. The highest BCUT2D eigenvalue weighted by Gasteiger charge is 2.37. The smallest absolute Gasteiger partial charge is 0.312 e. The molecule has 0 atom stereocenters. The lowest BCUT2D eigenvalue weighted by Gasteiger charge is -2.29. The maximum Gasteiger partial charge on any atom is 0.416 e. The van der Waals surface area contributed by atoms with E-state index in [9.17, 15) is 35.9 Å². The summed E-state index contributed by atoms with van der Waals surface area (Å²) in [6.45, 7) is -0.0914. The van der Waals surface area contributed by atoms with E-state index in [4.69, 9.17) is 0 Å². The molecule has 0 unspecified atom stereocenters. The first kappa shape index (κ1) is 23.8. The summed E-state index contributed by atoms with van der Waals surface area (Å²) in [4.78, 5) is 26.0. The lowest BCUT2D eigenvalue weighted by molar-refractivity contribution is -0.143. The third kappa shape index (κ3) is 5.89. The average molecular weight is 457 g/mol. The number of alkyl halides is 6. The Bertz CT molecular complexity index is 926. The second kappa shape index (κ2) is 9.34. The summed E-state index contributed by atoms with van der Waals surface area (Å²) in [5, 5.41) is 0. The van der Waals surface area contributed by atoms with E-state index in [1.165, 1.54) is 4.90 Å². The van der Waals surface area contributed by atoms with E-state index in [1.807, 2.05) is 0 Å². The number of anilines is 1. The van der Waals surface area contributed by atoms with Crippen LogP contribution in [-0.4, -0.2) is 18.2 Å². The number of Topliss-reactive ketones (excluding diaryl/α,β-unsaturated/α-hetero) is 1. The Morgan fingerprint density at radius 1 is 0.875 bits per heavy atom. The normalized spacial score (nSPS) is 15.6. The molecule has 0 aromatic heterocycles. The number of carbonyl (C=O) groups excluding carboxylic acids is 2. The molecule has 0 bridgehead atoms. The molecule has 3 rings (SSSR count). The average Bonchev–Trinajstić information content (AvgIpc) is 2.73. The first-order valence-corrected chi connectivity index (χ1v) is 10.1. The highest BCUT2D eigenvalue weighted by Crippen LogP contribution is 2.36. The second-order valence-electron chi connectivity index (χ2n) is 7.80. The summed E-state index contributed by atoms with van der Waals surface area (Å²) in [5.74, 6) is -0.629. The predicted molar refractivity (Wildman–Crippen MR) is 106 cm³/mol. The highest BCUT2D eigenvalue weighted by molar-refractivity contribution is 5.96. The van der Waals surface area contributed by atoms with Gasteiger partial charge in [0.1, 0.15) is 5.78 Å². The van der Waals surface area contributed by atoms with E-state index in [0.717, 1.165) is 0 Å². The van der Waals surface area contributed by atoms with Gasteiger partial charge in [0.25, 0.3) is 0 Å². The zero-order valence-electron chi connectivity index (χ0n) is 17.0. The molecule has 0 radical (unpaired) electrons. The Kier molecular flexibility index (Phi) is 6.95. The van der Waals surface area contributed by atoms with Gasteiger partial charge in [-0.05, 0) is 55.2 Å². The molecule has 2 aromatic carbocycles. The lowest BCUT2D eigenvalue weighted by Crippen LogP contribution is -2.39. The van der Waals surface area contributed by atoms with Crippen molar-refractivity contribution in [1.29, 1.82) is 0 Å². The molecular weight excluding hydrogens is 436 g/mol. The summed E-state index contributed by atoms with van der Waals surface area (Å²) in [7, 11) is 0. The molecule has 32 heavy (non-hydrogen) atoms. The van der Waals surface area contributed by atoms with Gasteiger partial charge in [0.05, 0.1) is 11.1 Å². The Morgan fingerprint density at radius 2 is 1.41 bits per heavy atom. The molecule has 0 aliphatic heterocycles. The fraction of sp³-hybridized carbons (Fsp3) is 0.391. The van der Waals surface area contributed by atoms with Crippen LogP contribution in [-0.2, 0) is 28.4 Å². The maximum absolute atomic E-state index is 13.1. The standard InChI is InChI=1S/C23H21F6NO2/c24-22(25,26)17-12-15(13-18(14-17)23(27,28)29)10-11-30(19-4-2-1-3-5-19)21(32)16-6-8-20(31)9-7-16/h1-5,12-14,16H,6-11H2. The maximum atomic E-state index is 13.1. The largest absolute Gasteiger partial charge is 0.416 e. The number of hydrogen-bond donors (Lipinski definition) is 0. The fourth-order valence-corrected chi connectivity index (χ4v) is 3.79. The second-order valence-corrected chi connectivity index (χ2v) is 7.80. The summed E-state index contributed by atoms with van der Waals surface area (Å²) < 4.78 is 78.9. The Morgan fingerprint density at radius 3 is 1.91 bits per heavy atom. The van der Waals surface area contributed by atoms with Crippen LogP contribution in [0.25, 0.3) is 0 Å². The van der Waals surface area contributed by atoms with E-state index in [1.54, 1.807) is 30.3 Å². The van der Waals surface area contributed by atoms with Gasteiger partial charge in [-0.3, -0.25) is 9.59 Å². The van der Waals surface area contributed by atoms with E-state index < -0.39 is 29.4 Å². The molecule has 172 valence electrons. The number of para-hydroxylation sites is 1. The number of ketones is 1. The van der Waals surface area contributed by atoms with Crippen LogP contribution in [0, 0.1) is 5.92 Å². The molecule has 1 aliphatic rings. The molecule has 0 heterocycles. The topological polar surface area (TPSA) is 37.4 Å². The Balaban J connectivity index is 1.87. The molecule has 1 amide bonds. The van der Waals surface area contributed by atoms with E-state index in [-0.39, 0.29) is 49.1 Å². The summed E-state index contributed by atoms with van der Waals surface area (Å²) in [5.41, 5.74) is -2.44. The van der Waals surface area contributed by atoms with Crippen LogP contribution in [0.15, 0.2) is 48.5 Å². The fourth-order valence-electron chi connectivity index (χ4n) is 3.79. The van der Waals surface area contributed by atoms with Gasteiger partial charge in [-0.2, -0.15) is 26.3 Å². The number of hydrogen-bond acceptors (Lipinski definition) is 2. The van der Waals surface area contributed by atoms with Crippen LogP contribution in [0.5, 0.6) is 0 Å². The van der Waals surface area contributed by atoms with Crippen molar-refractivity contribution < 1.29 is 35.9 Å². The minimum absolute atomic E-state index is 0.0731. The number of rotatable bonds is 5. The number of nitrogens with zero attached hydrogens (tertiary/aromatic N) is 1. The van der Waals surface area contributed by atoms with Crippen LogP contribution < -0.4 is 4.90 Å². The van der Waals surface area contributed by atoms with Crippen molar-refractivity contribution in [3.63, 3.8) is 0 Å². The summed E-state index contributed by atoms with van der Waals surface area (Å²) in [6, 6.07) is 9.86. The van der Waals surface area contributed by atoms with Crippen molar-refractivity contribution in [1.82, 2.24) is 0 Å². The van der Waals surface area contributed by atoms with Gasteiger partial charge in [0.2, 0.25) is 5.91 Å². The van der Waals surface area contributed by atoms with Gasteiger partial charge in [0, 0.05) is 31.0 Å². The minimum Gasteiger partial charge on any atom is -0.312 e. The lowest BCUT2D eigenvalue weighted by atomic mass is 9.87. The Labute approximate surface area is 181 Å². The van der Waals surface area contributed by atoms with Crippen LogP contribution in [0.2, 0.25) is 0 Å². The van der Waals surface area contributed by atoms with E-state index in [2.05, 4.69) is 0 Å². The molecule has 1 fully saturated rings. The molecular formula is C23H21F6NO2. The molecule has 3 nitrogen and oxygen atoms in total. The predicted octanol–water partition coefficient (Wildman–Crippen LogP) is 6.06. The molecule has 1 aliphatic carbocycles. The van der Waals surface area contributed by atoms with Crippen molar-refractivity contribution in [2.45, 2.75) is 44.5 Å². The van der Waals surface area contributed by atoms with Gasteiger partial charge in [-0.1, -0.05) is 18.2 Å². The van der Waals surface area contributed by atoms with Crippen LogP contribution in [0.3, 0.4) is 0 Å². The molecule has 0 N–H and O–H groups in total. The molecule has 2 aromatic rings. The zero-order chi connectivity index (χ0) is 23.5. The third-order valence-corrected chi connectivity index (χ3v) is 5.50. The molecule has 0 spiro atoms. The van der Waals surface area contributed by atoms with Crippen molar-refractivity contribution >= 4 is 17.4 Å². The molecule has 1 saturated carbocycles. The number of halogens is 6. The number of benzene rings is 2. The summed E-state index contributed by atoms with van der Waals surface area (Å²) in [6.07, 6.45) is -8.74. The van der Waals surface area contributed by atoms with Gasteiger partial charge in [0.15, 0.2) is 0 Å². The molecule has 0 saturated heterocycles. The SMILES string of the molecule is O=C1CCC(C(=O)N(CCc2cc(C(F)(F)F)cc(C(F)(F)F)c2)c2ccccc2)CC1. The first-order valence-electron chi connectivity index (χ1n) is 10.1. The van der Waals surface area contributed by atoms with Crippen molar-refractivity contribution in [2.24, 2.45) is 5.92 Å². The zero-order valence-corrected chi connectivity index (χ0v) is 17.0. The summed E-state index contributed by atoms with van der Waals surface area (Å²) >= 11 is 0.